The first-order valence-electron chi connectivity index (χ1n) is 4.03. The minimum Gasteiger partial charge on any atom is -0.369 e. The van der Waals surface area contributed by atoms with Crippen LogP contribution in [0.2, 0.25) is 0 Å². The minimum atomic E-state index is -0.931. The van der Waals surface area contributed by atoms with Crippen LogP contribution in [0.1, 0.15) is 0 Å². The van der Waals surface area contributed by atoms with Gasteiger partial charge in [0.1, 0.15) is 11.9 Å². The highest BCUT2D eigenvalue weighted by molar-refractivity contribution is 8.15. The Balaban J connectivity index is 2.34. The first-order chi connectivity index (χ1) is 7.00. The van der Waals surface area contributed by atoms with Crippen LogP contribution in [0.15, 0.2) is 0 Å². The van der Waals surface area contributed by atoms with E-state index >= 15 is 0 Å². The molecule has 1 fully saturated rings. The summed E-state index contributed by atoms with van der Waals surface area (Å²) in [5.74, 6) is -0.564. The van der Waals surface area contributed by atoms with E-state index in [2.05, 4.69) is 4.84 Å². The lowest BCUT2D eigenvalue weighted by Crippen LogP contribution is -2.33. The summed E-state index contributed by atoms with van der Waals surface area (Å²) >= 11 is 0.828. The molecule has 15 heavy (non-hydrogen) atoms. The van der Waals surface area contributed by atoms with Crippen LogP contribution < -0.4 is 5.73 Å². The number of amides is 2. The molecular formula is C6H9N3O5S. The van der Waals surface area contributed by atoms with Crippen molar-refractivity contribution in [2.45, 2.75) is 5.25 Å². The van der Waals surface area contributed by atoms with Crippen molar-refractivity contribution in [2.24, 2.45) is 5.73 Å². The molecule has 0 spiro atoms. The number of hydrogen-bond donors (Lipinski definition) is 1. The molecule has 1 atom stereocenters. The van der Waals surface area contributed by atoms with Gasteiger partial charge in [0.2, 0.25) is 5.91 Å². The number of hydrogen-bond acceptors (Lipinski definition) is 6. The van der Waals surface area contributed by atoms with Gasteiger partial charge in [-0.25, -0.2) is 0 Å². The van der Waals surface area contributed by atoms with Gasteiger partial charge in [0.25, 0.3) is 10.3 Å². The summed E-state index contributed by atoms with van der Waals surface area (Å²) in [5, 5.41) is 8.01. The predicted octanol–water partition coefficient (Wildman–Crippen LogP) is -0.783. The second-order valence-corrected chi connectivity index (χ2v) is 3.93. The number of thioether (sulfide) groups is 1. The van der Waals surface area contributed by atoms with Crippen LogP contribution in [0.3, 0.4) is 0 Å². The summed E-state index contributed by atoms with van der Waals surface area (Å²) in [4.78, 5) is 37.2. The fraction of sp³-hybridized carbons (Fsp3) is 0.667. The van der Waals surface area contributed by atoms with Gasteiger partial charge in [-0.2, -0.15) is 0 Å². The molecular weight excluding hydrogens is 226 g/mol. The van der Waals surface area contributed by atoms with Gasteiger partial charge >= 0.3 is 0 Å². The van der Waals surface area contributed by atoms with Gasteiger partial charge in [-0.15, -0.1) is 10.1 Å². The molecule has 84 valence electrons. The molecule has 1 aliphatic heterocycles. The van der Waals surface area contributed by atoms with E-state index < -0.39 is 16.2 Å². The van der Waals surface area contributed by atoms with Crippen molar-refractivity contribution in [2.75, 3.05) is 19.7 Å². The Morgan fingerprint density at radius 3 is 2.93 bits per heavy atom. The predicted molar refractivity (Wildman–Crippen MR) is 50.5 cm³/mol. The van der Waals surface area contributed by atoms with Gasteiger partial charge in [-0.3, -0.25) is 9.59 Å². The van der Waals surface area contributed by atoms with Crippen molar-refractivity contribution in [3.05, 3.63) is 10.1 Å². The maximum atomic E-state index is 11.2. The lowest BCUT2D eigenvalue weighted by atomic mass is 10.4. The SMILES string of the molecule is NC(=O)C1CN(CCO[N+](=O)[O-])C(=O)S1. The monoisotopic (exact) mass is 235 g/mol. The summed E-state index contributed by atoms with van der Waals surface area (Å²) in [7, 11) is 0. The maximum absolute atomic E-state index is 11.2. The average Bonchev–Trinajstić information content (AvgIpc) is 2.47. The van der Waals surface area contributed by atoms with E-state index in [1.807, 2.05) is 0 Å². The third-order valence-electron chi connectivity index (χ3n) is 1.76. The molecule has 0 aromatic heterocycles. The van der Waals surface area contributed by atoms with Gasteiger partial charge in [0.15, 0.2) is 0 Å². The Labute approximate surface area is 88.8 Å². The zero-order valence-corrected chi connectivity index (χ0v) is 8.44. The Hall–Kier alpha value is -1.51. The average molecular weight is 235 g/mol. The van der Waals surface area contributed by atoms with Crippen molar-refractivity contribution in [1.29, 1.82) is 0 Å². The molecule has 2 amide bonds. The molecule has 1 heterocycles. The molecule has 0 aromatic rings. The van der Waals surface area contributed by atoms with E-state index in [9.17, 15) is 19.7 Å². The standard InChI is InChI=1S/C6H9N3O5S/c7-5(10)4-3-8(6(11)15-4)1-2-14-9(12)13/h4H,1-3H2,(H2,7,10). The molecule has 1 saturated heterocycles. The molecule has 8 nitrogen and oxygen atoms in total. The summed E-state index contributed by atoms with van der Waals surface area (Å²) in [6.45, 7) is 0.0568. The minimum absolute atomic E-state index is 0.0800. The Kier molecular flexibility index (Phi) is 3.72. The summed E-state index contributed by atoms with van der Waals surface area (Å²) in [5.41, 5.74) is 5.02. The molecule has 0 saturated carbocycles. The van der Waals surface area contributed by atoms with E-state index in [0.717, 1.165) is 11.8 Å². The van der Waals surface area contributed by atoms with E-state index in [1.54, 1.807) is 0 Å². The van der Waals surface area contributed by atoms with Crippen molar-refractivity contribution in [3.63, 3.8) is 0 Å². The molecule has 9 heteroatoms. The fourth-order valence-corrected chi connectivity index (χ4v) is 1.99. The molecule has 2 N–H and O–H groups in total. The van der Waals surface area contributed by atoms with E-state index in [-0.39, 0.29) is 24.9 Å². The van der Waals surface area contributed by atoms with Crippen molar-refractivity contribution < 1.29 is 19.5 Å². The van der Waals surface area contributed by atoms with Gasteiger partial charge in [0, 0.05) is 13.1 Å². The second kappa shape index (κ2) is 4.82. The van der Waals surface area contributed by atoms with Gasteiger partial charge in [-0.1, -0.05) is 0 Å². The first-order valence-corrected chi connectivity index (χ1v) is 4.91. The van der Waals surface area contributed by atoms with Crippen LogP contribution in [-0.4, -0.2) is 46.1 Å². The molecule has 1 rings (SSSR count). The normalized spacial score (nSPS) is 20.4. The van der Waals surface area contributed by atoms with Gasteiger partial charge in [-0.05, 0) is 11.8 Å². The van der Waals surface area contributed by atoms with Crippen LogP contribution in [-0.2, 0) is 9.63 Å². The van der Waals surface area contributed by atoms with Crippen molar-refractivity contribution in [1.82, 2.24) is 4.90 Å². The number of primary amides is 1. The van der Waals surface area contributed by atoms with E-state index in [1.165, 1.54) is 4.90 Å². The molecule has 1 unspecified atom stereocenters. The first kappa shape index (κ1) is 11.6. The zero-order chi connectivity index (χ0) is 11.4. The smallest absolute Gasteiger partial charge is 0.294 e. The second-order valence-electron chi connectivity index (χ2n) is 2.78. The quantitative estimate of drug-likeness (QED) is 0.493. The highest BCUT2D eigenvalue weighted by atomic mass is 32.2. The largest absolute Gasteiger partial charge is 0.369 e. The Morgan fingerprint density at radius 1 is 1.80 bits per heavy atom. The van der Waals surface area contributed by atoms with E-state index in [4.69, 9.17) is 5.73 Å². The Bertz CT molecular complexity index is 296. The topological polar surface area (TPSA) is 116 Å². The van der Waals surface area contributed by atoms with Crippen LogP contribution in [0.5, 0.6) is 0 Å². The lowest BCUT2D eigenvalue weighted by molar-refractivity contribution is -0.757. The van der Waals surface area contributed by atoms with Crippen molar-refractivity contribution >= 4 is 22.9 Å². The lowest BCUT2D eigenvalue weighted by Gasteiger charge is -2.13. The highest BCUT2D eigenvalue weighted by Crippen LogP contribution is 2.24. The van der Waals surface area contributed by atoms with Crippen LogP contribution in [0, 0.1) is 10.1 Å². The molecule has 0 bridgehead atoms. The maximum Gasteiger partial charge on any atom is 0.294 e. The number of carbonyl (C=O) groups excluding carboxylic acids is 2. The highest BCUT2D eigenvalue weighted by Gasteiger charge is 2.33. The third kappa shape index (κ3) is 3.27. The summed E-state index contributed by atoms with van der Waals surface area (Å²) in [6.07, 6.45) is 0. The molecule has 0 aromatic carbocycles. The van der Waals surface area contributed by atoms with Crippen LogP contribution in [0.25, 0.3) is 0 Å². The Morgan fingerprint density at radius 2 is 2.47 bits per heavy atom. The number of nitrogens with two attached hydrogens (primary N) is 1. The number of carbonyl (C=O) groups is 2. The number of rotatable bonds is 5. The van der Waals surface area contributed by atoms with Gasteiger partial charge in [0.05, 0.1) is 0 Å². The molecule has 0 radical (unpaired) electrons. The van der Waals surface area contributed by atoms with Crippen molar-refractivity contribution in [3.8, 4) is 0 Å². The van der Waals surface area contributed by atoms with Crippen LogP contribution >= 0.6 is 11.8 Å². The zero-order valence-electron chi connectivity index (χ0n) is 7.62. The third-order valence-corrected chi connectivity index (χ3v) is 2.89. The van der Waals surface area contributed by atoms with Gasteiger partial charge < -0.3 is 15.5 Å². The van der Waals surface area contributed by atoms with Crippen LogP contribution in [0.4, 0.5) is 4.79 Å². The molecule has 1 aliphatic rings. The summed E-state index contributed by atoms with van der Waals surface area (Å²) < 4.78 is 0. The number of nitrogens with zero attached hydrogens (tertiary/aromatic N) is 2. The summed E-state index contributed by atoms with van der Waals surface area (Å²) in [6, 6.07) is 0. The fourth-order valence-electron chi connectivity index (χ4n) is 1.06. The molecule has 0 aliphatic carbocycles. The van der Waals surface area contributed by atoms with E-state index in [0.29, 0.717) is 0 Å².